The average Bonchev–Trinajstić information content (AvgIpc) is 2.67. The van der Waals surface area contributed by atoms with Crippen molar-refractivity contribution in [1.29, 1.82) is 0 Å². The van der Waals surface area contributed by atoms with Crippen molar-refractivity contribution in [3.8, 4) is 0 Å². The number of carbonyl (C=O) groups is 1. The molecule has 0 heterocycles. The summed E-state index contributed by atoms with van der Waals surface area (Å²) in [4.78, 5) is 12.0. The minimum atomic E-state index is -3.81. The van der Waals surface area contributed by atoms with Crippen LogP contribution in [0.15, 0.2) is 47.4 Å². The number of rotatable bonds is 8. The Morgan fingerprint density at radius 3 is 2.11 bits per heavy atom. The van der Waals surface area contributed by atoms with E-state index in [1.54, 1.807) is 24.3 Å². The monoisotopic (exact) mass is 429 g/mol. The Morgan fingerprint density at radius 1 is 0.929 bits per heavy atom. The van der Waals surface area contributed by atoms with E-state index in [-0.39, 0.29) is 17.2 Å². The van der Waals surface area contributed by atoms with Gasteiger partial charge in [0.2, 0.25) is 20.0 Å². The summed E-state index contributed by atoms with van der Waals surface area (Å²) >= 11 is 0. The number of amides is 1. The Hall–Kier alpha value is -2.34. The molecule has 0 spiro atoms. The molecule has 0 aliphatic rings. The van der Waals surface area contributed by atoms with Gasteiger partial charge in [0.25, 0.3) is 5.91 Å². The van der Waals surface area contributed by atoms with Crippen LogP contribution < -0.4 is 14.8 Å². The van der Waals surface area contributed by atoms with E-state index in [0.29, 0.717) is 11.1 Å². The Labute approximate surface area is 163 Å². The van der Waals surface area contributed by atoms with E-state index in [0.717, 1.165) is 18.2 Å². The van der Waals surface area contributed by atoms with E-state index >= 15 is 0 Å². The number of carbonyl (C=O) groups excluding carboxylic acids is 1. The van der Waals surface area contributed by atoms with E-state index in [9.17, 15) is 26.0 Å². The van der Waals surface area contributed by atoms with Gasteiger partial charge in [0.1, 0.15) is 5.82 Å². The predicted octanol–water partition coefficient (Wildman–Crippen LogP) is 0.713. The molecular weight excluding hydrogens is 409 g/mol. The molecule has 3 N–H and O–H groups in total. The lowest BCUT2D eigenvalue weighted by Crippen LogP contribution is -2.25. The Morgan fingerprint density at radius 2 is 1.54 bits per heavy atom. The van der Waals surface area contributed by atoms with Crippen LogP contribution >= 0.6 is 0 Å². The zero-order valence-electron chi connectivity index (χ0n) is 15.2. The molecule has 0 fully saturated rings. The first-order valence-electron chi connectivity index (χ1n) is 8.08. The van der Waals surface area contributed by atoms with Crippen LogP contribution in [-0.2, 0) is 32.3 Å². The molecule has 0 bridgehead atoms. The van der Waals surface area contributed by atoms with E-state index in [4.69, 9.17) is 0 Å². The number of hydrogen-bond donors (Lipinski definition) is 3. The van der Waals surface area contributed by atoms with Crippen LogP contribution in [0.5, 0.6) is 0 Å². The Balaban J connectivity index is 2.09. The third-order valence-corrected chi connectivity index (χ3v) is 6.65. The molecule has 28 heavy (non-hydrogen) atoms. The van der Waals surface area contributed by atoms with Crippen LogP contribution in [0, 0.1) is 5.82 Å². The fraction of sp³-hybridized carbons (Fsp3) is 0.235. The van der Waals surface area contributed by atoms with Crippen LogP contribution in [0.3, 0.4) is 0 Å². The molecule has 1 amide bonds. The van der Waals surface area contributed by atoms with E-state index in [1.165, 1.54) is 14.1 Å². The van der Waals surface area contributed by atoms with Crippen LogP contribution in [0.4, 0.5) is 4.39 Å². The van der Waals surface area contributed by atoms with Gasteiger partial charge in [-0.2, -0.15) is 0 Å². The number of hydrogen-bond acceptors (Lipinski definition) is 5. The maximum absolute atomic E-state index is 13.9. The summed E-state index contributed by atoms with van der Waals surface area (Å²) in [5.74, 6) is -1.79. The van der Waals surface area contributed by atoms with Crippen molar-refractivity contribution in [1.82, 2.24) is 14.8 Å². The van der Waals surface area contributed by atoms with Crippen LogP contribution in [0.1, 0.15) is 21.5 Å². The summed E-state index contributed by atoms with van der Waals surface area (Å²) in [5.41, 5.74) is 0.840. The molecule has 0 saturated heterocycles. The second kappa shape index (κ2) is 8.78. The van der Waals surface area contributed by atoms with Gasteiger partial charge in [0, 0.05) is 6.54 Å². The maximum Gasteiger partial charge on any atom is 0.254 e. The van der Waals surface area contributed by atoms with Crippen molar-refractivity contribution in [2.24, 2.45) is 0 Å². The fourth-order valence-corrected chi connectivity index (χ4v) is 3.82. The normalized spacial score (nSPS) is 12.0. The quantitative estimate of drug-likeness (QED) is 0.571. The zero-order chi connectivity index (χ0) is 20.9. The maximum atomic E-state index is 13.9. The molecule has 2 rings (SSSR count). The first-order chi connectivity index (χ1) is 13.1. The fourth-order valence-electron chi connectivity index (χ4n) is 2.29. The van der Waals surface area contributed by atoms with E-state index in [2.05, 4.69) is 14.8 Å². The van der Waals surface area contributed by atoms with Gasteiger partial charge in [-0.3, -0.25) is 4.79 Å². The van der Waals surface area contributed by atoms with Crippen molar-refractivity contribution >= 4 is 26.0 Å². The lowest BCUT2D eigenvalue weighted by atomic mass is 10.1. The first kappa shape index (κ1) is 22.0. The first-order valence-corrected chi connectivity index (χ1v) is 11.2. The van der Waals surface area contributed by atoms with Gasteiger partial charge in [-0.1, -0.05) is 24.3 Å². The van der Waals surface area contributed by atoms with Gasteiger partial charge < -0.3 is 5.32 Å². The molecule has 0 aliphatic carbocycles. The molecule has 2 aromatic rings. The largest absolute Gasteiger partial charge is 0.348 e. The number of sulfonamides is 2. The topological polar surface area (TPSA) is 121 Å². The zero-order valence-corrected chi connectivity index (χ0v) is 16.8. The second-order valence-corrected chi connectivity index (χ2v) is 9.62. The van der Waals surface area contributed by atoms with Crippen molar-refractivity contribution in [2.75, 3.05) is 14.1 Å². The molecule has 0 saturated carbocycles. The predicted molar refractivity (Wildman–Crippen MR) is 102 cm³/mol. The molecule has 2 aromatic carbocycles. The summed E-state index contributed by atoms with van der Waals surface area (Å²) in [5, 5.41) is 2.51. The molecule has 152 valence electrons. The van der Waals surface area contributed by atoms with Gasteiger partial charge in [0.15, 0.2) is 0 Å². The lowest BCUT2D eigenvalue weighted by Gasteiger charge is -2.09. The molecular formula is C17H20FN3O5S2. The van der Waals surface area contributed by atoms with Crippen LogP contribution in [-0.4, -0.2) is 36.8 Å². The van der Waals surface area contributed by atoms with Crippen molar-refractivity contribution in [2.45, 2.75) is 17.2 Å². The SMILES string of the molecule is CNS(=O)(=O)Cc1ccc(CNC(=O)c2cc(S(=O)(=O)NC)ccc2F)cc1. The Bertz CT molecular complexity index is 1070. The Kier molecular flexibility index (Phi) is 6.88. The number of halogens is 1. The summed E-state index contributed by atoms with van der Waals surface area (Å²) in [7, 11) is -4.66. The summed E-state index contributed by atoms with van der Waals surface area (Å²) in [6.45, 7) is 0.0559. The van der Waals surface area contributed by atoms with Gasteiger partial charge >= 0.3 is 0 Å². The van der Waals surface area contributed by atoms with E-state index < -0.39 is 37.3 Å². The number of nitrogens with one attached hydrogen (secondary N) is 3. The average molecular weight is 429 g/mol. The van der Waals surface area contributed by atoms with Gasteiger partial charge in [0.05, 0.1) is 16.2 Å². The molecule has 0 atom stereocenters. The highest BCUT2D eigenvalue weighted by atomic mass is 32.2. The minimum Gasteiger partial charge on any atom is -0.348 e. The smallest absolute Gasteiger partial charge is 0.254 e. The molecule has 11 heteroatoms. The summed E-state index contributed by atoms with van der Waals surface area (Å²) < 4.78 is 64.9. The van der Waals surface area contributed by atoms with Crippen LogP contribution in [0.25, 0.3) is 0 Å². The molecule has 0 aromatic heterocycles. The standard InChI is InChI=1S/C17H20FN3O5S2/c1-19-27(23,24)11-13-5-3-12(4-6-13)10-21-17(22)15-9-14(7-8-16(15)18)28(25,26)20-2/h3-9,19-20H,10-11H2,1-2H3,(H,21,22). The molecule has 0 aliphatic heterocycles. The third kappa shape index (κ3) is 5.58. The molecule has 8 nitrogen and oxygen atoms in total. The lowest BCUT2D eigenvalue weighted by molar-refractivity contribution is 0.0946. The van der Waals surface area contributed by atoms with Crippen molar-refractivity contribution in [3.63, 3.8) is 0 Å². The second-order valence-electron chi connectivity index (χ2n) is 5.81. The van der Waals surface area contributed by atoms with E-state index in [1.807, 2.05) is 0 Å². The van der Waals surface area contributed by atoms with Gasteiger partial charge in [-0.05, 0) is 43.4 Å². The summed E-state index contributed by atoms with van der Waals surface area (Å²) in [6.07, 6.45) is 0. The highest BCUT2D eigenvalue weighted by Gasteiger charge is 2.18. The van der Waals surface area contributed by atoms with Gasteiger partial charge in [-0.25, -0.2) is 30.7 Å². The van der Waals surface area contributed by atoms with Crippen molar-refractivity contribution in [3.05, 3.63) is 65.0 Å². The van der Waals surface area contributed by atoms with Gasteiger partial charge in [-0.15, -0.1) is 0 Å². The highest BCUT2D eigenvalue weighted by Crippen LogP contribution is 2.15. The summed E-state index contributed by atoms with van der Waals surface area (Å²) in [6, 6.07) is 9.43. The number of benzene rings is 2. The van der Waals surface area contributed by atoms with Crippen LogP contribution in [0.2, 0.25) is 0 Å². The minimum absolute atomic E-state index is 0.0559. The molecule has 0 radical (unpaired) electrons. The van der Waals surface area contributed by atoms with Crippen molar-refractivity contribution < 1.29 is 26.0 Å². The molecule has 0 unspecified atom stereocenters. The highest BCUT2D eigenvalue weighted by molar-refractivity contribution is 7.89. The third-order valence-electron chi connectivity index (χ3n) is 3.91.